The fraction of sp³-hybridized carbons (Fsp3) is 0.154. The first-order chi connectivity index (χ1) is 9.75. The topological polar surface area (TPSA) is 93.8 Å². The van der Waals surface area contributed by atoms with Gasteiger partial charge in [-0.2, -0.15) is 0 Å². The lowest BCUT2D eigenvalue weighted by molar-refractivity contribution is -0.137. The molecule has 0 amide bonds. The molecule has 0 atom stereocenters. The minimum atomic E-state index is -0.883. The lowest BCUT2D eigenvalue weighted by atomic mass is 10.1. The van der Waals surface area contributed by atoms with Gasteiger partial charge in [-0.1, -0.05) is 18.2 Å². The summed E-state index contributed by atoms with van der Waals surface area (Å²) in [5.41, 5.74) is 1.68. The van der Waals surface area contributed by atoms with Crippen LogP contribution in [0.5, 0.6) is 0 Å². The lowest BCUT2D eigenvalue weighted by Crippen LogP contribution is -2.07. The summed E-state index contributed by atoms with van der Waals surface area (Å²) in [7, 11) is 0. The Morgan fingerprint density at radius 2 is 2.15 bits per heavy atom. The molecule has 1 aromatic carbocycles. The zero-order valence-corrected chi connectivity index (χ0v) is 10.5. The first-order valence-corrected chi connectivity index (χ1v) is 6.08. The normalized spacial score (nSPS) is 10.8. The van der Waals surface area contributed by atoms with Gasteiger partial charge in [0.05, 0.1) is 18.5 Å². The van der Waals surface area contributed by atoms with Crippen molar-refractivity contribution in [1.29, 1.82) is 0 Å². The van der Waals surface area contributed by atoms with Crippen LogP contribution in [0.15, 0.2) is 36.5 Å². The van der Waals surface area contributed by atoms with E-state index in [0.29, 0.717) is 5.82 Å². The number of aryl methyl sites for hydroxylation is 1. The molecule has 3 rings (SSSR count). The Bertz CT molecular complexity index is 763. The second-order valence-corrected chi connectivity index (χ2v) is 4.25. The second-order valence-electron chi connectivity index (χ2n) is 4.25. The van der Waals surface area contributed by atoms with Gasteiger partial charge in [0.15, 0.2) is 5.82 Å². The summed E-state index contributed by atoms with van der Waals surface area (Å²) in [6.45, 7) is 0.230. The van der Waals surface area contributed by atoms with E-state index in [1.165, 1.54) is 4.68 Å². The maximum absolute atomic E-state index is 10.7. The summed E-state index contributed by atoms with van der Waals surface area (Å²) in [4.78, 5) is 14.9. The third-order valence-electron chi connectivity index (χ3n) is 2.96. The largest absolute Gasteiger partial charge is 0.481 e. The van der Waals surface area contributed by atoms with Crippen LogP contribution in [0.3, 0.4) is 0 Å². The molecular weight excluding hydrogens is 258 g/mol. The molecule has 0 aliphatic heterocycles. The van der Waals surface area contributed by atoms with E-state index in [1.54, 1.807) is 6.20 Å². The van der Waals surface area contributed by atoms with Crippen LogP contribution in [0.2, 0.25) is 0 Å². The second kappa shape index (κ2) is 5.04. The fourth-order valence-corrected chi connectivity index (χ4v) is 2.05. The van der Waals surface area contributed by atoms with Gasteiger partial charge < -0.3 is 5.11 Å². The zero-order chi connectivity index (χ0) is 13.9. The minimum absolute atomic E-state index is 0.0267. The molecule has 0 saturated heterocycles. The number of benzene rings is 1. The van der Waals surface area contributed by atoms with Gasteiger partial charge in [0.25, 0.3) is 0 Å². The smallest absolute Gasteiger partial charge is 0.305 e. The molecule has 0 saturated carbocycles. The summed E-state index contributed by atoms with van der Waals surface area (Å²) in [5, 5.41) is 21.2. The van der Waals surface area contributed by atoms with Gasteiger partial charge in [-0.25, -0.2) is 4.68 Å². The zero-order valence-electron chi connectivity index (χ0n) is 10.5. The maximum Gasteiger partial charge on any atom is 0.305 e. The van der Waals surface area contributed by atoms with Crippen LogP contribution in [0.1, 0.15) is 6.42 Å². The van der Waals surface area contributed by atoms with Gasteiger partial charge in [0.1, 0.15) is 0 Å². The Kier molecular flexibility index (Phi) is 3.08. The van der Waals surface area contributed by atoms with Gasteiger partial charge in [-0.15, -0.1) is 5.10 Å². The van der Waals surface area contributed by atoms with Crippen molar-refractivity contribution >= 4 is 16.9 Å². The Balaban J connectivity index is 2.08. The summed E-state index contributed by atoms with van der Waals surface area (Å²) in [5.74, 6) is -0.337. The SMILES string of the molecule is O=C(O)CCn1nnnc1-c1cccc2ncccc12. The summed E-state index contributed by atoms with van der Waals surface area (Å²) >= 11 is 0. The van der Waals surface area contributed by atoms with Crippen LogP contribution in [-0.4, -0.2) is 36.3 Å². The van der Waals surface area contributed by atoms with Crippen molar-refractivity contribution in [2.45, 2.75) is 13.0 Å². The molecule has 100 valence electrons. The number of carboxylic acid groups (broad SMARTS) is 1. The third kappa shape index (κ3) is 2.20. The average molecular weight is 269 g/mol. The molecule has 7 heteroatoms. The molecule has 0 fully saturated rings. The molecule has 0 bridgehead atoms. The molecule has 0 unspecified atom stereocenters. The number of hydrogen-bond donors (Lipinski definition) is 1. The predicted molar refractivity (Wildman–Crippen MR) is 70.8 cm³/mol. The van der Waals surface area contributed by atoms with Crippen LogP contribution in [0, 0.1) is 0 Å². The fourth-order valence-electron chi connectivity index (χ4n) is 2.05. The van der Waals surface area contributed by atoms with E-state index in [2.05, 4.69) is 20.5 Å². The predicted octanol–water partition coefficient (Wildman–Crippen LogP) is 1.36. The summed E-state index contributed by atoms with van der Waals surface area (Å²) in [6.07, 6.45) is 1.70. The molecule has 0 aliphatic carbocycles. The number of rotatable bonds is 4. The van der Waals surface area contributed by atoms with E-state index < -0.39 is 5.97 Å². The standard InChI is InChI=1S/C13H11N5O2/c19-12(20)6-8-18-13(15-16-17-18)10-3-1-5-11-9(10)4-2-7-14-11/h1-5,7H,6,8H2,(H,19,20). The Labute approximate surface area is 113 Å². The molecular formula is C13H11N5O2. The van der Waals surface area contributed by atoms with Crippen LogP contribution < -0.4 is 0 Å². The van der Waals surface area contributed by atoms with E-state index in [4.69, 9.17) is 5.11 Å². The van der Waals surface area contributed by atoms with Gasteiger partial charge in [-0.05, 0) is 22.6 Å². The van der Waals surface area contributed by atoms with Crippen molar-refractivity contribution in [2.75, 3.05) is 0 Å². The number of pyridine rings is 1. The van der Waals surface area contributed by atoms with Gasteiger partial charge in [0.2, 0.25) is 0 Å². The Morgan fingerprint density at radius 3 is 3.00 bits per heavy atom. The van der Waals surface area contributed by atoms with Crippen molar-refractivity contribution in [3.63, 3.8) is 0 Å². The number of tetrazole rings is 1. The Hall–Kier alpha value is -2.83. The molecule has 2 heterocycles. The average Bonchev–Trinajstić information content (AvgIpc) is 2.92. The number of carboxylic acids is 1. The van der Waals surface area contributed by atoms with Crippen molar-refractivity contribution in [3.05, 3.63) is 36.5 Å². The monoisotopic (exact) mass is 269 g/mol. The number of aliphatic carboxylic acids is 1. The summed E-state index contributed by atoms with van der Waals surface area (Å²) in [6, 6.07) is 9.46. The number of nitrogens with zero attached hydrogens (tertiary/aromatic N) is 5. The lowest BCUT2D eigenvalue weighted by Gasteiger charge is -2.06. The number of fused-ring (bicyclic) bond motifs is 1. The highest BCUT2D eigenvalue weighted by atomic mass is 16.4. The molecule has 2 aromatic heterocycles. The molecule has 0 spiro atoms. The summed E-state index contributed by atoms with van der Waals surface area (Å²) < 4.78 is 1.50. The molecule has 0 radical (unpaired) electrons. The molecule has 20 heavy (non-hydrogen) atoms. The molecule has 7 nitrogen and oxygen atoms in total. The van der Waals surface area contributed by atoms with Crippen LogP contribution in [-0.2, 0) is 11.3 Å². The number of carbonyl (C=O) groups is 1. The van der Waals surface area contributed by atoms with Gasteiger partial charge in [0, 0.05) is 17.1 Å². The van der Waals surface area contributed by atoms with Crippen LogP contribution in [0.4, 0.5) is 0 Å². The van der Waals surface area contributed by atoms with Crippen LogP contribution in [0.25, 0.3) is 22.3 Å². The van der Waals surface area contributed by atoms with E-state index in [-0.39, 0.29) is 13.0 Å². The van der Waals surface area contributed by atoms with Crippen molar-refractivity contribution in [1.82, 2.24) is 25.2 Å². The highest BCUT2D eigenvalue weighted by Crippen LogP contribution is 2.25. The van der Waals surface area contributed by atoms with Crippen molar-refractivity contribution in [3.8, 4) is 11.4 Å². The van der Waals surface area contributed by atoms with E-state index in [0.717, 1.165) is 16.5 Å². The minimum Gasteiger partial charge on any atom is -0.481 e. The van der Waals surface area contributed by atoms with Gasteiger partial charge in [-0.3, -0.25) is 9.78 Å². The van der Waals surface area contributed by atoms with E-state index >= 15 is 0 Å². The third-order valence-corrected chi connectivity index (χ3v) is 2.96. The highest BCUT2D eigenvalue weighted by Gasteiger charge is 2.13. The maximum atomic E-state index is 10.7. The first kappa shape index (κ1) is 12.2. The van der Waals surface area contributed by atoms with E-state index in [9.17, 15) is 4.79 Å². The Morgan fingerprint density at radius 1 is 1.25 bits per heavy atom. The van der Waals surface area contributed by atoms with Gasteiger partial charge >= 0.3 is 5.97 Å². The van der Waals surface area contributed by atoms with Crippen molar-refractivity contribution < 1.29 is 9.90 Å². The number of aromatic nitrogens is 5. The molecule has 0 aliphatic rings. The van der Waals surface area contributed by atoms with Crippen molar-refractivity contribution in [2.24, 2.45) is 0 Å². The first-order valence-electron chi connectivity index (χ1n) is 6.08. The quantitative estimate of drug-likeness (QED) is 0.768. The number of hydrogen-bond acceptors (Lipinski definition) is 5. The molecule has 1 N–H and O–H groups in total. The highest BCUT2D eigenvalue weighted by molar-refractivity contribution is 5.92. The van der Waals surface area contributed by atoms with E-state index in [1.807, 2.05) is 30.3 Å². The van der Waals surface area contributed by atoms with Crippen LogP contribution >= 0.6 is 0 Å². The molecule has 3 aromatic rings.